The fourth-order valence-electron chi connectivity index (χ4n) is 4.06. The molecule has 0 bridgehead atoms. The van der Waals surface area contributed by atoms with Crippen LogP contribution in [-0.4, -0.2) is 24.3 Å². The summed E-state index contributed by atoms with van der Waals surface area (Å²) in [4.78, 5) is 26.3. The summed E-state index contributed by atoms with van der Waals surface area (Å²) >= 11 is 0. The topological polar surface area (TPSA) is 49.4 Å². The van der Waals surface area contributed by atoms with Crippen LogP contribution in [0.15, 0.2) is 43.0 Å². The third-order valence-electron chi connectivity index (χ3n) is 5.51. The van der Waals surface area contributed by atoms with E-state index in [1.165, 1.54) is 6.08 Å². The zero-order chi connectivity index (χ0) is 19.2. The lowest BCUT2D eigenvalue weighted by Crippen LogP contribution is -2.35. The molecule has 2 aromatic carbocycles. The molecule has 1 saturated carbocycles. The minimum atomic E-state index is -2.58. The molecule has 0 radical (unpaired) electrons. The Hall–Kier alpha value is -2.76. The first-order chi connectivity index (χ1) is 12.9. The lowest BCUT2D eigenvalue weighted by atomic mass is 9.86. The van der Waals surface area contributed by atoms with Gasteiger partial charge in [0.2, 0.25) is 11.8 Å². The van der Waals surface area contributed by atoms with Gasteiger partial charge in [0.1, 0.15) is 0 Å². The first-order valence-electron chi connectivity index (χ1n) is 9.08. The Labute approximate surface area is 155 Å². The van der Waals surface area contributed by atoms with Gasteiger partial charge in [0.25, 0.3) is 5.91 Å². The number of nitrogens with zero attached hydrogens (tertiary/aromatic N) is 1. The molecule has 0 aromatic heterocycles. The molecule has 1 N–H and O–H groups in total. The molecule has 4 nitrogen and oxygen atoms in total. The van der Waals surface area contributed by atoms with Gasteiger partial charge in [-0.05, 0) is 43.0 Å². The summed E-state index contributed by atoms with van der Waals surface area (Å²) in [5, 5.41) is 4.35. The smallest absolute Gasteiger partial charge is 0.259 e. The highest BCUT2D eigenvalue weighted by Gasteiger charge is 2.38. The summed E-state index contributed by atoms with van der Waals surface area (Å²) in [5.74, 6) is -2.94. The van der Waals surface area contributed by atoms with Crippen molar-refractivity contribution < 1.29 is 18.4 Å². The van der Waals surface area contributed by atoms with E-state index in [-0.39, 0.29) is 30.6 Å². The number of hydrogen-bond donors (Lipinski definition) is 1. The molecular weight excluding hydrogens is 350 g/mol. The Morgan fingerprint density at radius 1 is 1.26 bits per heavy atom. The quantitative estimate of drug-likeness (QED) is 0.790. The van der Waals surface area contributed by atoms with Gasteiger partial charge in [-0.3, -0.25) is 9.59 Å². The molecule has 1 heterocycles. The van der Waals surface area contributed by atoms with E-state index < -0.39 is 5.92 Å². The zero-order valence-electron chi connectivity index (χ0n) is 14.8. The maximum Gasteiger partial charge on any atom is 0.259 e. The second-order valence-corrected chi connectivity index (χ2v) is 7.27. The van der Waals surface area contributed by atoms with Crippen LogP contribution in [-0.2, 0) is 4.79 Å². The fourth-order valence-corrected chi connectivity index (χ4v) is 4.06. The molecule has 4 rings (SSSR count). The number of alkyl halides is 2. The molecule has 1 aliphatic carbocycles. The van der Waals surface area contributed by atoms with Gasteiger partial charge < -0.3 is 10.2 Å². The molecule has 1 aliphatic heterocycles. The molecule has 2 aliphatic rings. The van der Waals surface area contributed by atoms with Crippen molar-refractivity contribution in [2.24, 2.45) is 5.92 Å². The molecule has 2 amide bonds. The van der Waals surface area contributed by atoms with E-state index in [0.29, 0.717) is 30.6 Å². The molecule has 0 atom stereocenters. The third-order valence-corrected chi connectivity index (χ3v) is 5.51. The second kappa shape index (κ2) is 6.44. The van der Waals surface area contributed by atoms with Crippen molar-refractivity contribution >= 4 is 34.0 Å². The Bertz CT molecular complexity index is 945. The first-order valence-corrected chi connectivity index (χ1v) is 9.08. The van der Waals surface area contributed by atoms with E-state index in [1.807, 2.05) is 12.1 Å². The molecule has 140 valence electrons. The average Bonchev–Trinajstić information content (AvgIpc) is 2.92. The van der Waals surface area contributed by atoms with E-state index in [2.05, 4.69) is 11.9 Å². The van der Waals surface area contributed by atoms with E-state index in [4.69, 9.17) is 0 Å². The summed E-state index contributed by atoms with van der Waals surface area (Å²) in [7, 11) is 0. The first kappa shape index (κ1) is 17.6. The highest BCUT2D eigenvalue weighted by Crippen LogP contribution is 2.43. The van der Waals surface area contributed by atoms with E-state index in [0.717, 1.165) is 16.5 Å². The van der Waals surface area contributed by atoms with Crippen LogP contribution in [0, 0.1) is 5.92 Å². The van der Waals surface area contributed by atoms with Crippen molar-refractivity contribution in [1.82, 2.24) is 0 Å². The number of benzene rings is 2. The molecular formula is C21H20F2N2O2. The van der Waals surface area contributed by atoms with Gasteiger partial charge in [-0.25, -0.2) is 8.78 Å². The van der Waals surface area contributed by atoms with Crippen molar-refractivity contribution in [2.75, 3.05) is 16.8 Å². The summed E-state index contributed by atoms with van der Waals surface area (Å²) in [5.41, 5.74) is 1.98. The van der Waals surface area contributed by atoms with Crippen LogP contribution < -0.4 is 10.2 Å². The average molecular weight is 370 g/mol. The van der Waals surface area contributed by atoms with Crippen molar-refractivity contribution in [3.05, 3.63) is 48.6 Å². The van der Waals surface area contributed by atoms with Crippen LogP contribution >= 0.6 is 0 Å². The number of amides is 2. The Balaban J connectivity index is 1.66. The van der Waals surface area contributed by atoms with Crippen molar-refractivity contribution in [3.8, 4) is 0 Å². The normalized spacial score (nSPS) is 18.7. The number of halogens is 2. The van der Waals surface area contributed by atoms with Crippen LogP contribution in [0.1, 0.15) is 36.0 Å². The predicted octanol–water partition coefficient (Wildman–Crippen LogP) is 4.75. The lowest BCUT2D eigenvalue weighted by Gasteiger charge is -2.31. The van der Waals surface area contributed by atoms with Crippen LogP contribution in [0.25, 0.3) is 10.8 Å². The number of carbonyl (C=O) groups is 2. The predicted molar refractivity (Wildman–Crippen MR) is 101 cm³/mol. The van der Waals surface area contributed by atoms with E-state index >= 15 is 0 Å². The number of hydrogen-bond acceptors (Lipinski definition) is 2. The minimum Gasteiger partial charge on any atom is -0.322 e. The SMILES string of the molecule is C=CC(=O)Nc1ccc2c3c(cccc13)C(=O)N2CC1CCC(F)(F)CC1. The number of anilines is 2. The number of nitrogens with one attached hydrogen (secondary N) is 1. The van der Waals surface area contributed by atoms with Gasteiger partial charge in [0, 0.05) is 41.4 Å². The van der Waals surface area contributed by atoms with E-state index in [1.54, 1.807) is 23.1 Å². The minimum absolute atomic E-state index is 0.0677. The number of rotatable bonds is 4. The van der Waals surface area contributed by atoms with Crippen LogP contribution in [0.5, 0.6) is 0 Å². The largest absolute Gasteiger partial charge is 0.322 e. The highest BCUT2D eigenvalue weighted by molar-refractivity contribution is 6.27. The summed E-state index contributed by atoms with van der Waals surface area (Å²) in [6.45, 7) is 3.90. The van der Waals surface area contributed by atoms with Gasteiger partial charge in [-0.2, -0.15) is 0 Å². The van der Waals surface area contributed by atoms with Crippen molar-refractivity contribution in [2.45, 2.75) is 31.6 Å². The molecule has 0 unspecified atom stereocenters. The molecule has 0 spiro atoms. The van der Waals surface area contributed by atoms with Crippen LogP contribution in [0.3, 0.4) is 0 Å². The molecule has 0 saturated heterocycles. The van der Waals surface area contributed by atoms with Gasteiger partial charge in [0.05, 0.1) is 5.69 Å². The molecule has 2 aromatic rings. The standard InChI is InChI=1S/C21H20F2N2O2/c1-2-18(26)24-16-6-7-17-19-14(16)4-3-5-15(19)20(27)25(17)12-13-8-10-21(22,23)11-9-13/h2-7,13H,1,8-12H2,(H,24,26). The van der Waals surface area contributed by atoms with Crippen molar-refractivity contribution in [1.29, 1.82) is 0 Å². The lowest BCUT2D eigenvalue weighted by molar-refractivity contribution is -0.111. The summed E-state index contributed by atoms with van der Waals surface area (Å²) in [6.07, 6.45) is 1.80. The monoisotopic (exact) mass is 370 g/mol. The summed E-state index contributed by atoms with van der Waals surface area (Å²) < 4.78 is 26.8. The van der Waals surface area contributed by atoms with Gasteiger partial charge in [-0.15, -0.1) is 0 Å². The Morgan fingerprint density at radius 2 is 2.00 bits per heavy atom. The van der Waals surface area contributed by atoms with Crippen LogP contribution in [0.2, 0.25) is 0 Å². The molecule has 1 fully saturated rings. The molecule has 27 heavy (non-hydrogen) atoms. The third kappa shape index (κ3) is 3.09. The van der Waals surface area contributed by atoms with Gasteiger partial charge >= 0.3 is 0 Å². The van der Waals surface area contributed by atoms with Gasteiger partial charge in [-0.1, -0.05) is 18.7 Å². The molecule has 6 heteroatoms. The maximum absolute atomic E-state index is 13.4. The van der Waals surface area contributed by atoms with Crippen LogP contribution in [0.4, 0.5) is 20.2 Å². The Kier molecular flexibility index (Phi) is 4.21. The fraction of sp³-hybridized carbons (Fsp3) is 0.333. The number of carbonyl (C=O) groups excluding carboxylic acids is 2. The highest BCUT2D eigenvalue weighted by atomic mass is 19.3. The summed E-state index contributed by atoms with van der Waals surface area (Å²) in [6, 6.07) is 8.99. The Morgan fingerprint density at radius 3 is 2.70 bits per heavy atom. The van der Waals surface area contributed by atoms with Crippen molar-refractivity contribution in [3.63, 3.8) is 0 Å². The second-order valence-electron chi connectivity index (χ2n) is 7.27. The zero-order valence-corrected chi connectivity index (χ0v) is 14.8. The van der Waals surface area contributed by atoms with Gasteiger partial charge in [0.15, 0.2) is 0 Å². The van der Waals surface area contributed by atoms with E-state index in [9.17, 15) is 18.4 Å². The maximum atomic E-state index is 13.4.